The van der Waals surface area contributed by atoms with Crippen LogP contribution in [0.1, 0.15) is 19.8 Å². The molecule has 2 heterocycles. The number of thiophene rings is 1. The number of sulfonamides is 1. The molecule has 19 heavy (non-hydrogen) atoms. The Hall–Kier alpha value is -0.440. The predicted octanol–water partition coefficient (Wildman–Crippen LogP) is 2.39. The number of nitrogens with zero attached hydrogens (tertiary/aromatic N) is 1. The van der Waals surface area contributed by atoms with Crippen LogP contribution in [-0.2, 0) is 14.8 Å². The van der Waals surface area contributed by atoms with Gasteiger partial charge in [-0.2, -0.15) is 4.31 Å². The lowest BCUT2D eigenvalue weighted by molar-refractivity contribution is -0.150. The summed E-state index contributed by atoms with van der Waals surface area (Å²) in [4.78, 5) is 11.3. The molecule has 1 saturated heterocycles. The fourth-order valence-electron chi connectivity index (χ4n) is 2.14. The second-order valence-corrected chi connectivity index (χ2v) is 9.49. The van der Waals surface area contributed by atoms with Gasteiger partial charge in [-0.25, -0.2) is 8.42 Å². The van der Waals surface area contributed by atoms with E-state index in [4.69, 9.17) is 0 Å². The summed E-state index contributed by atoms with van der Waals surface area (Å²) in [5.41, 5.74) is -1.00. The van der Waals surface area contributed by atoms with Crippen LogP contribution in [0.3, 0.4) is 0 Å². The Balaban J connectivity index is 2.29. The zero-order chi connectivity index (χ0) is 14.3. The number of halogens is 1. The second-order valence-electron chi connectivity index (χ2n) is 4.87. The number of hydrogen-bond acceptors (Lipinski definition) is 4. The zero-order valence-corrected chi connectivity index (χ0v) is 13.5. The smallest absolute Gasteiger partial charge is 0.310 e. The molecule has 1 unspecified atom stereocenters. The van der Waals surface area contributed by atoms with Gasteiger partial charge in [-0.3, -0.25) is 4.79 Å². The summed E-state index contributed by atoms with van der Waals surface area (Å²) < 4.78 is 27.1. The summed E-state index contributed by atoms with van der Waals surface area (Å²) in [7, 11) is -3.59. The maximum absolute atomic E-state index is 12.4. The molecule has 0 radical (unpaired) electrons. The molecule has 1 aliphatic heterocycles. The van der Waals surface area contributed by atoms with Gasteiger partial charge in [-0.15, -0.1) is 11.3 Å². The molecule has 0 aliphatic carbocycles. The van der Waals surface area contributed by atoms with Gasteiger partial charge in [0.05, 0.1) is 9.20 Å². The molecule has 1 aliphatic rings. The molecule has 0 saturated carbocycles. The van der Waals surface area contributed by atoms with Gasteiger partial charge in [-0.1, -0.05) is 0 Å². The van der Waals surface area contributed by atoms with Crippen molar-refractivity contribution in [3.8, 4) is 0 Å². The zero-order valence-electron chi connectivity index (χ0n) is 10.3. The molecule has 5 nitrogen and oxygen atoms in total. The van der Waals surface area contributed by atoms with Crippen molar-refractivity contribution < 1.29 is 18.3 Å². The van der Waals surface area contributed by atoms with Crippen molar-refractivity contribution in [2.45, 2.75) is 24.0 Å². The molecule has 1 N–H and O–H groups in total. The first-order valence-corrected chi connectivity index (χ1v) is 8.79. The van der Waals surface area contributed by atoms with Crippen molar-refractivity contribution in [3.63, 3.8) is 0 Å². The molecule has 0 spiro atoms. The summed E-state index contributed by atoms with van der Waals surface area (Å²) in [6.07, 6.45) is 1.07. The van der Waals surface area contributed by atoms with Crippen molar-refractivity contribution in [2.24, 2.45) is 5.41 Å². The molecule has 8 heteroatoms. The number of aliphatic carboxylic acids is 1. The highest BCUT2D eigenvalue weighted by Crippen LogP contribution is 2.35. The number of hydrogen-bond donors (Lipinski definition) is 1. The Morgan fingerprint density at radius 2 is 2.21 bits per heavy atom. The van der Waals surface area contributed by atoms with E-state index in [1.54, 1.807) is 13.0 Å². The van der Waals surface area contributed by atoms with E-state index in [9.17, 15) is 18.3 Å². The number of carboxylic acids is 1. The first-order valence-electron chi connectivity index (χ1n) is 5.75. The summed E-state index contributed by atoms with van der Waals surface area (Å²) in [5.74, 6) is -0.945. The van der Waals surface area contributed by atoms with Gasteiger partial charge in [-0.05, 0) is 47.8 Å². The molecular weight excluding hydrogens is 354 g/mol. The van der Waals surface area contributed by atoms with E-state index < -0.39 is 21.4 Å². The van der Waals surface area contributed by atoms with E-state index in [0.717, 1.165) is 15.1 Å². The first-order chi connectivity index (χ1) is 8.75. The van der Waals surface area contributed by atoms with Crippen LogP contribution >= 0.6 is 27.3 Å². The van der Waals surface area contributed by atoms with Gasteiger partial charge in [0.1, 0.15) is 4.21 Å². The molecule has 0 aromatic carbocycles. The van der Waals surface area contributed by atoms with Gasteiger partial charge in [0.15, 0.2) is 0 Å². The molecular formula is C11H14BrNO4S2. The highest BCUT2D eigenvalue weighted by molar-refractivity contribution is 9.11. The first kappa shape index (κ1) is 15.0. The van der Waals surface area contributed by atoms with Crippen LogP contribution < -0.4 is 0 Å². The van der Waals surface area contributed by atoms with Crippen LogP contribution in [0, 0.1) is 5.41 Å². The van der Waals surface area contributed by atoms with Gasteiger partial charge < -0.3 is 5.11 Å². The molecule has 1 aromatic heterocycles. The molecule has 0 bridgehead atoms. The minimum Gasteiger partial charge on any atom is -0.481 e. The molecule has 0 amide bonds. The van der Waals surface area contributed by atoms with E-state index in [2.05, 4.69) is 15.9 Å². The topological polar surface area (TPSA) is 74.7 Å². The summed E-state index contributed by atoms with van der Waals surface area (Å²) in [5, 5.41) is 9.23. The van der Waals surface area contributed by atoms with Crippen molar-refractivity contribution >= 4 is 43.3 Å². The normalized spacial score (nSPS) is 25.4. The predicted molar refractivity (Wildman–Crippen MR) is 75.8 cm³/mol. The fraction of sp³-hybridized carbons (Fsp3) is 0.545. The van der Waals surface area contributed by atoms with E-state index in [1.807, 2.05) is 0 Å². The van der Waals surface area contributed by atoms with Crippen LogP contribution in [0.4, 0.5) is 0 Å². The quantitative estimate of drug-likeness (QED) is 0.889. The van der Waals surface area contributed by atoms with Gasteiger partial charge in [0, 0.05) is 13.1 Å². The third-order valence-electron chi connectivity index (χ3n) is 3.32. The van der Waals surface area contributed by atoms with Gasteiger partial charge >= 0.3 is 5.97 Å². The molecule has 106 valence electrons. The molecule has 1 fully saturated rings. The molecule has 1 aromatic rings. The largest absolute Gasteiger partial charge is 0.481 e. The van der Waals surface area contributed by atoms with Crippen LogP contribution in [0.25, 0.3) is 0 Å². The average molecular weight is 368 g/mol. The average Bonchev–Trinajstić information content (AvgIpc) is 2.76. The Labute approximate surface area is 124 Å². The number of rotatable bonds is 3. The maximum atomic E-state index is 12.4. The lowest BCUT2D eigenvalue weighted by Gasteiger charge is -2.36. The lowest BCUT2D eigenvalue weighted by atomic mass is 9.83. The summed E-state index contributed by atoms with van der Waals surface area (Å²) >= 11 is 4.37. The van der Waals surface area contributed by atoms with Crippen molar-refractivity contribution in [3.05, 3.63) is 15.9 Å². The minimum atomic E-state index is -3.59. The highest BCUT2D eigenvalue weighted by Gasteiger charge is 2.42. The van der Waals surface area contributed by atoms with Crippen LogP contribution in [0.2, 0.25) is 0 Å². The molecule has 1 atom stereocenters. The SMILES string of the molecule is CC1(C(=O)O)CCCN(S(=O)(=O)c2ccc(Br)s2)C1. The summed E-state index contributed by atoms with van der Waals surface area (Å²) in [6, 6.07) is 3.22. The number of carbonyl (C=O) groups is 1. The van der Waals surface area contributed by atoms with E-state index >= 15 is 0 Å². The highest BCUT2D eigenvalue weighted by atomic mass is 79.9. The standard InChI is InChI=1S/C11H14BrNO4S2/c1-11(10(14)15)5-2-6-13(7-11)19(16,17)9-4-3-8(12)18-9/h3-4H,2,5-7H2,1H3,(H,14,15). The molecule has 2 rings (SSSR count). The van der Waals surface area contributed by atoms with Crippen molar-refractivity contribution in [1.29, 1.82) is 0 Å². The van der Waals surface area contributed by atoms with Crippen molar-refractivity contribution in [2.75, 3.05) is 13.1 Å². The van der Waals surface area contributed by atoms with Gasteiger partial charge in [0.2, 0.25) is 0 Å². The Morgan fingerprint density at radius 3 is 2.74 bits per heavy atom. The van der Waals surface area contributed by atoms with E-state index in [1.165, 1.54) is 10.4 Å². The monoisotopic (exact) mass is 367 g/mol. The van der Waals surface area contributed by atoms with E-state index in [0.29, 0.717) is 19.4 Å². The lowest BCUT2D eigenvalue weighted by Crippen LogP contribution is -2.48. The van der Waals surface area contributed by atoms with Crippen LogP contribution in [-0.4, -0.2) is 36.9 Å². The minimum absolute atomic E-state index is 0.0280. The number of carboxylic acid groups (broad SMARTS) is 1. The van der Waals surface area contributed by atoms with Crippen LogP contribution in [0.15, 0.2) is 20.1 Å². The second kappa shape index (κ2) is 5.16. The third-order valence-corrected chi connectivity index (χ3v) is 7.26. The summed E-state index contributed by atoms with van der Waals surface area (Å²) in [6.45, 7) is 2.00. The Bertz CT molecular complexity index is 598. The van der Waals surface area contributed by atoms with E-state index in [-0.39, 0.29) is 10.8 Å². The number of piperidine rings is 1. The third kappa shape index (κ3) is 2.86. The fourth-order valence-corrected chi connectivity index (χ4v) is 5.90. The maximum Gasteiger partial charge on any atom is 0.310 e. The Kier molecular flexibility index (Phi) is 4.06. The van der Waals surface area contributed by atoms with Crippen LogP contribution in [0.5, 0.6) is 0 Å². The Morgan fingerprint density at radius 1 is 1.53 bits per heavy atom. The van der Waals surface area contributed by atoms with Crippen molar-refractivity contribution in [1.82, 2.24) is 4.31 Å². The van der Waals surface area contributed by atoms with Gasteiger partial charge in [0.25, 0.3) is 10.0 Å².